The van der Waals surface area contributed by atoms with E-state index < -0.39 is 10.0 Å². The number of hydrogen-bond acceptors (Lipinski definition) is 6. The molecule has 1 unspecified atom stereocenters. The summed E-state index contributed by atoms with van der Waals surface area (Å²) in [6.07, 6.45) is 0. The van der Waals surface area contributed by atoms with Gasteiger partial charge in [-0.25, -0.2) is 8.42 Å². The van der Waals surface area contributed by atoms with Crippen molar-refractivity contribution in [1.82, 2.24) is 9.21 Å². The molecule has 1 aromatic heterocycles. The highest BCUT2D eigenvalue weighted by Crippen LogP contribution is 2.28. The predicted octanol–water partition coefficient (Wildman–Crippen LogP) is 2.64. The molecule has 2 aromatic rings. The molecule has 1 aromatic carbocycles. The number of piperazine rings is 1. The summed E-state index contributed by atoms with van der Waals surface area (Å²) < 4.78 is 32.5. The van der Waals surface area contributed by atoms with Crippen molar-refractivity contribution in [2.24, 2.45) is 0 Å². The molecule has 0 saturated carbocycles. The summed E-state index contributed by atoms with van der Waals surface area (Å²) in [4.78, 5) is 3.31. The minimum Gasteiger partial charge on any atom is -0.496 e. The van der Waals surface area contributed by atoms with Crippen LogP contribution in [0.5, 0.6) is 5.75 Å². The van der Waals surface area contributed by atoms with Crippen LogP contribution in [0.15, 0.2) is 40.6 Å². The molecule has 0 radical (unpaired) electrons. The van der Waals surface area contributed by atoms with Gasteiger partial charge in [-0.05, 0) is 42.1 Å². The summed E-state index contributed by atoms with van der Waals surface area (Å²) in [6.45, 7) is 3.64. The summed E-state index contributed by atoms with van der Waals surface area (Å²) in [7, 11) is -1.98. The van der Waals surface area contributed by atoms with Gasteiger partial charge in [0.05, 0.1) is 18.1 Å². The van der Waals surface area contributed by atoms with E-state index in [9.17, 15) is 13.7 Å². The first kappa shape index (κ1) is 18.9. The van der Waals surface area contributed by atoms with Gasteiger partial charge in [0.2, 0.25) is 10.0 Å². The van der Waals surface area contributed by atoms with Crippen LogP contribution in [0, 0.1) is 18.3 Å². The van der Waals surface area contributed by atoms with Crippen LogP contribution in [0.3, 0.4) is 0 Å². The van der Waals surface area contributed by atoms with E-state index in [0.29, 0.717) is 31.9 Å². The number of aryl methyl sites for hydroxylation is 1. The second-order valence-corrected chi connectivity index (χ2v) is 9.04. The molecule has 1 atom stereocenters. The van der Waals surface area contributed by atoms with Crippen LogP contribution in [-0.4, -0.2) is 50.9 Å². The number of methoxy groups -OCH3 is 1. The van der Waals surface area contributed by atoms with E-state index >= 15 is 0 Å². The van der Waals surface area contributed by atoms with Crippen LogP contribution in [0.2, 0.25) is 0 Å². The average Bonchev–Trinajstić information content (AvgIpc) is 3.17. The maximum Gasteiger partial charge on any atom is 0.243 e. The van der Waals surface area contributed by atoms with Crippen molar-refractivity contribution in [2.45, 2.75) is 17.9 Å². The largest absolute Gasteiger partial charge is 0.496 e. The maximum atomic E-state index is 12.9. The first-order valence-corrected chi connectivity index (χ1v) is 10.6. The van der Waals surface area contributed by atoms with Gasteiger partial charge >= 0.3 is 0 Å². The van der Waals surface area contributed by atoms with Crippen LogP contribution < -0.4 is 4.74 Å². The molecule has 0 N–H and O–H groups in total. The Labute approximate surface area is 158 Å². The Kier molecular flexibility index (Phi) is 5.63. The molecule has 3 rings (SSSR count). The number of benzene rings is 1. The zero-order valence-corrected chi connectivity index (χ0v) is 16.4. The van der Waals surface area contributed by atoms with Crippen LogP contribution in [0.1, 0.15) is 16.5 Å². The highest BCUT2D eigenvalue weighted by Gasteiger charge is 2.32. The summed E-state index contributed by atoms with van der Waals surface area (Å²) in [5.41, 5.74) is 0.787. The molecule has 1 fully saturated rings. The van der Waals surface area contributed by atoms with E-state index in [4.69, 9.17) is 4.74 Å². The fourth-order valence-electron chi connectivity index (χ4n) is 3.13. The number of sulfonamides is 1. The van der Waals surface area contributed by atoms with Crippen LogP contribution in [0.25, 0.3) is 0 Å². The molecular formula is C18H21N3O3S2. The average molecular weight is 392 g/mol. The van der Waals surface area contributed by atoms with Gasteiger partial charge < -0.3 is 4.74 Å². The van der Waals surface area contributed by atoms with E-state index in [0.717, 1.165) is 10.4 Å². The SMILES string of the molecule is COc1ccc(S(=O)(=O)N2CCN(C(C#N)c3cccs3)CC2)cc1C. The third kappa shape index (κ3) is 3.62. The van der Waals surface area contributed by atoms with Crippen molar-refractivity contribution in [3.8, 4) is 11.8 Å². The Balaban J connectivity index is 1.73. The smallest absolute Gasteiger partial charge is 0.243 e. The fraction of sp³-hybridized carbons (Fsp3) is 0.389. The van der Waals surface area contributed by atoms with Crippen molar-refractivity contribution < 1.29 is 13.2 Å². The third-order valence-corrected chi connectivity index (χ3v) is 7.40. The normalized spacial score (nSPS) is 17.6. The van der Waals surface area contributed by atoms with E-state index in [1.165, 1.54) is 4.31 Å². The number of nitriles is 1. The van der Waals surface area contributed by atoms with Crippen molar-refractivity contribution >= 4 is 21.4 Å². The molecule has 0 aliphatic carbocycles. The molecule has 8 heteroatoms. The quantitative estimate of drug-likeness (QED) is 0.783. The Morgan fingerprint density at radius 2 is 1.96 bits per heavy atom. The molecular weight excluding hydrogens is 370 g/mol. The third-order valence-electron chi connectivity index (χ3n) is 4.58. The lowest BCUT2D eigenvalue weighted by atomic mass is 10.2. The summed E-state index contributed by atoms with van der Waals surface area (Å²) in [5, 5.41) is 11.5. The Hall–Kier alpha value is -1.92. The number of hydrogen-bond donors (Lipinski definition) is 0. The zero-order chi connectivity index (χ0) is 18.7. The number of rotatable bonds is 5. The minimum absolute atomic E-state index is 0.277. The van der Waals surface area contributed by atoms with Crippen molar-refractivity contribution in [3.05, 3.63) is 46.2 Å². The lowest BCUT2D eigenvalue weighted by molar-refractivity contribution is 0.164. The molecule has 1 aliphatic rings. The molecule has 138 valence electrons. The van der Waals surface area contributed by atoms with Gasteiger partial charge in [0.1, 0.15) is 11.8 Å². The van der Waals surface area contributed by atoms with Crippen LogP contribution in [0.4, 0.5) is 0 Å². The van der Waals surface area contributed by atoms with Gasteiger partial charge in [-0.1, -0.05) is 6.07 Å². The Bertz CT molecular complexity index is 896. The maximum absolute atomic E-state index is 12.9. The lowest BCUT2D eigenvalue weighted by Crippen LogP contribution is -2.49. The second kappa shape index (κ2) is 7.76. The van der Waals surface area contributed by atoms with E-state index in [-0.39, 0.29) is 10.9 Å². The van der Waals surface area contributed by atoms with Gasteiger partial charge in [0.15, 0.2) is 0 Å². The molecule has 0 bridgehead atoms. The summed E-state index contributed by atoms with van der Waals surface area (Å²) in [6, 6.07) is 10.8. The van der Waals surface area contributed by atoms with E-state index in [2.05, 4.69) is 6.07 Å². The van der Waals surface area contributed by atoms with Gasteiger partial charge in [-0.2, -0.15) is 9.57 Å². The Morgan fingerprint density at radius 3 is 2.50 bits per heavy atom. The molecule has 0 amide bonds. The molecule has 26 heavy (non-hydrogen) atoms. The molecule has 0 spiro atoms. The van der Waals surface area contributed by atoms with Crippen molar-refractivity contribution in [2.75, 3.05) is 33.3 Å². The highest BCUT2D eigenvalue weighted by molar-refractivity contribution is 7.89. The molecule has 1 saturated heterocycles. The minimum atomic E-state index is -3.55. The van der Waals surface area contributed by atoms with Gasteiger partial charge in [-0.3, -0.25) is 4.90 Å². The van der Waals surface area contributed by atoms with Gasteiger partial charge in [-0.15, -0.1) is 11.3 Å². The van der Waals surface area contributed by atoms with Crippen LogP contribution in [-0.2, 0) is 10.0 Å². The Morgan fingerprint density at radius 1 is 1.23 bits per heavy atom. The zero-order valence-electron chi connectivity index (χ0n) is 14.8. The summed E-state index contributed by atoms with van der Waals surface area (Å²) >= 11 is 1.55. The number of ether oxygens (including phenoxy) is 1. The highest BCUT2D eigenvalue weighted by atomic mass is 32.2. The van der Waals surface area contributed by atoms with Crippen molar-refractivity contribution in [3.63, 3.8) is 0 Å². The topological polar surface area (TPSA) is 73.6 Å². The van der Waals surface area contributed by atoms with E-state index in [1.54, 1.807) is 36.6 Å². The van der Waals surface area contributed by atoms with Crippen LogP contribution >= 0.6 is 11.3 Å². The van der Waals surface area contributed by atoms with E-state index in [1.807, 2.05) is 29.3 Å². The standard InChI is InChI=1S/C18H21N3O3S2/c1-14-12-15(5-6-17(14)24-2)26(22,23)21-9-7-20(8-10-21)16(13-19)18-4-3-11-25-18/h3-6,11-12,16H,7-10H2,1-2H3. The second-order valence-electron chi connectivity index (χ2n) is 6.12. The number of nitrogens with zero attached hydrogens (tertiary/aromatic N) is 3. The molecule has 2 heterocycles. The fourth-order valence-corrected chi connectivity index (χ4v) is 5.44. The molecule has 6 nitrogen and oxygen atoms in total. The van der Waals surface area contributed by atoms with Crippen molar-refractivity contribution in [1.29, 1.82) is 5.26 Å². The van der Waals surface area contributed by atoms with Gasteiger partial charge in [0, 0.05) is 31.1 Å². The first-order valence-electron chi connectivity index (χ1n) is 8.29. The lowest BCUT2D eigenvalue weighted by Gasteiger charge is -2.36. The summed E-state index contributed by atoms with van der Waals surface area (Å²) in [5.74, 6) is 0.668. The monoisotopic (exact) mass is 391 g/mol. The molecule has 1 aliphatic heterocycles. The predicted molar refractivity (Wildman–Crippen MR) is 101 cm³/mol. The first-order chi connectivity index (χ1) is 12.5. The number of thiophene rings is 1. The van der Waals surface area contributed by atoms with Gasteiger partial charge in [0.25, 0.3) is 0 Å².